The van der Waals surface area contributed by atoms with Crippen LogP contribution in [0, 0.1) is 10.1 Å². The van der Waals surface area contributed by atoms with Gasteiger partial charge in [0.25, 0.3) is 5.69 Å². The zero-order valence-corrected chi connectivity index (χ0v) is 15.0. The Kier molecular flexibility index (Phi) is 5.96. The third-order valence-corrected chi connectivity index (χ3v) is 4.13. The summed E-state index contributed by atoms with van der Waals surface area (Å²) >= 11 is 0. The van der Waals surface area contributed by atoms with Gasteiger partial charge in [0.2, 0.25) is 0 Å². The van der Waals surface area contributed by atoms with Gasteiger partial charge in [0.1, 0.15) is 5.75 Å². The molecule has 0 unspecified atom stereocenters. The maximum absolute atomic E-state index is 12.9. The lowest BCUT2D eigenvalue weighted by atomic mass is 9.80. The number of allylic oxidation sites excluding steroid dienone is 2. The summed E-state index contributed by atoms with van der Waals surface area (Å²) in [4.78, 5) is 34.6. The fourth-order valence-electron chi connectivity index (χ4n) is 3.05. The summed E-state index contributed by atoms with van der Waals surface area (Å²) in [5, 5.41) is 23.5. The number of rotatable bonds is 6. The zero-order valence-electron chi connectivity index (χ0n) is 15.0. The lowest BCUT2D eigenvalue weighted by Gasteiger charge is -2.30. The van der Waals surface area contributed by atoms with Crippen molar-refractivity contribution in [1.82, 2.24) is 5.32 Å². The Balaban J connectivity index is 2.85. The first-order valence-corrected chi connectivity index (χ1v) is 7.81. The second-order valence-corrected chi connectivity index (χ2v) is 5.79. The number of benzene rings is 1. The monoisotopic (exact) mass is 398 g/mol. The van der Waals surface area contributed by atoms with E-state index in [2.05, 4.69) is 10.1 Å². The lowest BCUT2D eigenvalue weighted by molar-refractivity contribution is -0.385. The van der Waals surface area contributed by atoms with Gasteiger partial charge in [-0.15, -0.1) is 0 Å². The van der Waals surface area contributed by atoms with Crippen LogP contribution in [0.15, 0.2) is 40.7 Å². The van der Waals surface area contributed by atoms with Crippen molar-refractivity contribution in [2.45, 2.75) is 26.4 Å². The summed E-state index contributed by atoms with van der Waals surface area (Å²) in [6.07, 6.45) is 0. The number of ether oxygens (including phenoxy) is 2. The summed E-state index contributed by atoms with van der Waals surface area (Å²) in [6.45, 7) is -0.391. The van der Waals surface area contributed by atoms with Crippen molar-refractivity contribution in [3.63, 3.8) is 0 Å². The Morgan fingerprint density at radius 1 is 1.25 bits per heavy atom. The van der Waals surface area contributed by atoms with Crippen LogP contribution >= 0.6 is 0 Å². The number of carbonyl (C=O) groups excluding carboxylic acids is 1. The number of halogens is 2. The molecule has 0 spiro atoms. The molecule has 0 fully saturated rings. The third kappa shape index (κ3) is 3.92. The van der Waals surface area contributed by atoms with Crippen LogP contribution < -0.4 is 10.1 Å². The van der Waals surface area contributed by atoms with Gasteiger partial charge in [-0.3, -0.25) is 10.1 Å². The van der Waals surface area contributed by atoms with E-state index in [1.807, 2.05) is 0 Å². The maximum Gasteiger partial charge on any atom is 0.387 e. The van der Waals surface area contributed by atoms with Crippen LogP contribution in [-0.4, -0.2) is 35.7 Å². The predicted molar refractivity (Wildman–Crippen MR) is 90.7 cm³/mol. The number of nitro benzene ring substituents is 1. The molecule has 1 aromatic rings. The summed E-state index contributed by atoms with van der Waals surface area (Å²) in [5.41, 5.74) is -0.950. The molecule has 0 saturated carbocycles. The Morgan fingerprint density at radius 2 is 1.86 bits per heavy atom. The Labute approximate surface area is 157 Å². The van der Waals surface area contributed by atoms with Crippen LogP contribution in [0.1, 0.15) is 25.3 Å². The van der Waals surface area contributed by atoms with Gasteiger partial charge in [-0.1, -0.05) is 0 Å². The van der Waals surface area contributed by atoms with Gasteiger partial charge < -0.3 is 19.9 Å². The molecule has 1 aliphatic rings. The van der Waals surface area contributed by atoms with E-state index in [0.29, 0.717) is 0 Å². The van der Waals surface area contributed by atoms with Crippen molar-refractivity contribution < 1.29 is 37.9 Å². The van der Waals surface area contributed by atoms with E-state index in [1.54, 1.807) is 0 Å². The second-order valence-electron chi connectivity index (χ2n) is 5.79. The SMILES string of the molecule is COC(=O)C1=C(C)NC(C)=C(C(=O)O)[C@H]1c1cc([N+](=O)[O-])ccc1OC(F)F. The summed E-state index contributed by atoms with van der Waals surface area (Å²) in [7, 11) is 1.06. The van der Waals surface area contributed by atoms with Crippen LogP contribution in [-0.2, 0) is 14.3 Å². The van der Waals surface area contributed by atoms with E-state index in [-0.39, 0.29) is 28.1 Å². The topological polar surface area (TPSA) is 128 Å². The summed E-state index contributed by atoms with van der Waals surface area (Å²) in [6, 6.07) is 2.77. The number of aliphatic carboxylic acids is 1. The quantitative estimate of drug-likeness (QED) is 0.425. The number of carboxylic acids is 1. The van der Waals surface area contributed by atoms with E-state index in [4.69, 9.17) is 4.74 Å². The number of nitrogens with zero attached hydrogens (tertiary/aromatic N) is 1. The first kappa shape index (κ1) is 20.8. The third-order valence-electron chi connectivity index (χ3n) is 4.13. The van der Waals surface area contributed by atoms with Crippen molar-refractivity contribution >= 4 is 17.6 Å². The smallest absolute Gasteiger partial charge is 0.387 e. The van der Waals surface area contributed by atoms with Gasteiger partial charge >= 0.3 is 18.6 Å². The van der Waals surface area contributed by atoms with Crippen LogP contribution in [0.3, 0.4) is 0 Å². The number of carbonyl (C=O) groups is 2. The number of hydrogen-bond donors (Lipinski definition) is 2. The van der Waals surface area contributed by atoms with Crippen molar-refractivity contribution in [1.29, 1.82) is 0 Å². The standard InChI is InChI=1S/C17H16F2N2O7/c1-7-12(15(22)23)14(13(8(2)20-7)16(24)27-3)10-6-9(21(25)26)4-5-11(10)28-17(18)19/h4-6,14,17,20H,1-3H3,(H,22,23)/t14-/m1/s1. The average Bonchev–Trinajstić information content (AvgIpc) is 2.59. The number of nitrogens with one attached hydrogen (secondary N) is 1. The van der Waals surface area contributed by atoms with Crippen LogP contribution in [0.4, 0.5) is 14.5 Å². The van der Waals surface area contributed by atoms with E-state index in [9.17, 15) is 33.6 Å². The summed E-state index contributed by atoms with van der Waals surface area (Å²) < 4.78 is 34.8. The number of non-ortho nitro benzene ring substituents is 1. The number of alkyl halides is 2. The van der Waals surface area contributed by atoms with Gasteiger partial charge in [-0.2, -0.15) is 8.78 Å². The lowest BCUT2D eigenvalue weighted by Crippen LogP contribution is -2.31. The summed E-state index contributed by atoms with van der Waals surface area (Å²) in [5.74, 6) is -4.29. The normalized spacial score (nSPS) is 16.7. The van der Waals surface area contributed by atoms with Crippen molar-refractivity contribution in [2.75, 3.05) is 7.11 Å². The average molecular weight is 398 g/mol. The highest BCUT2D eigenvalue weighted by Gasteiger charge is 2.39. The molecule has 1 heterocycles. The molecular weight excluding hydrogens is 382 g/mol. The number of carboxylic acid groups (broad SMARTS) is 1. The van der Waals surface area contributed by atoms with Gasteiger partial charge in [-0.25, -0.2) is 9.59 Å². The minimum Gasteiger partial charge on any atom is -0.478 e. The Morgan fingerprint density at radius 3 is 2.36 bits per heavy atom. The highest BCUT2D eigenvalue weighted by atomic mass is 19.3. The van der Waals surface area contributed by atoms with Gasteiger partial charge in [0, 0.05) is 29.1 Å². The largest absolute Gasteiger partial charge is 0.478 e. The van der Waals surface area contributed by atoms with E-state index in [1.165, 1.54) is 13.8 Å². The second kappa shape index (κ2) is 8.03. The Bertz CT molecular complexity index is 909. The van der Waals surface area contributed by atoms with E-state index in [0.717, 1.165) is 25.3 Å². The van der Waals surface area contributed by atoms with Crippen molar-refractivity contribution in [2.24, 2.45) is 0 Å². The van der Waals surface area contributed by atoms with Gasteiger partial charge in [0.15, 0.2) is 0 Å². The zero-order chi connectivity index (χ0) is 21.2. The number of nitro groups is 1. The van der Waals surface area contributed by atoms with Crippen LogP contribution in [0.25, 0.3) is 0 Å². The minimum absolute atomic E-state index is 0.136. The molecule has 0 bridgehead atoms. The molecule has 150 valence electrons. The van der Waals surface area contributed by atoms with Gasteiger partial charge in [0.05, 0.1) is 29.1 Å². The molecule has 0 radical (unpaired) electrons. The molecule has 0 aromatic heterocycles. The Hall–Kier alpha value is -3.50. The minimum atomic E-state index is -3.27. The first-order valence-electron chi connectivity index (χ1n) is 7.81. The van der Waals surface area contributed by atoms with Crippen molar-refractivity contribution in [3.05, 3.63) is 56.4 Å². The highest BCUT2D eigenvalue weighted by Crippen LogP contribution is 2.43. The fraction of sp³-hybridized carbons (Fsp3) is 0.294. The molecular formula is C17H16F2N2O7. The van der Waals surface area contributed by atoms with E-state index < -0.39 is 40.8 Å². The van der Waals surface area contributed by atoms with Crippen LogP contribution in [0.2, 0.25) is 0 Å². The molecule has 9 nitrogen and oxygen atoms in total. The molecule has 1 aliphatic heterocycles. The molecule has 11 heteroatoms. The van der Waals surface area contributed by atoms with E-state index >= 15 is 0 Å². The van der Waals surface area contributed by atoms with Gasteiger partial charge in [-0.05, 0) is 19.9 Å². The number of dihydropyridines is 1. The highest BCUT2D eigenvalue weighted by molar-refractivity contribution is 5.99. The maximum atomic E-state index is 12.9. The molecule has 28 heavy (non-hydrogen) atoms. The molecule has 0 saturated heterocycles. The molecule has 0 amide bonds. The van der Waals surface area contributed by atoms with Crippen LogP contribution in [0.5, 0.6) is 5.75 Å². The molecule has 1 aromatic carbocycles. The number of methoxy groups -OCH3 is 1. The first-order chi connectivity index (χ1) is 13.1. The molecule has 2 N–H and O–H groups in total. The molecule has 0 aliphatic carbocycles. The molecule has 1 atom stereocenters. The van der Waals surface area contributed by atoms with Crippen molar-refractivity contribution in [3.8, 4) is 5.75 Å². The predicted octanol–water partition coefficient (Wildman–Crippen LogP) is 2.69. The molecule has 2 rings (SSSR count). The number of esters is 1. The number of hydrogen-bond acceptors (Lipinski definition) is 7. The fourth-order valence-corrected chi connectivity index (χ4v) is 3.05.